The molecule has 198 valence electrons. The number of aromatic nitrogens is 2. The molecule has 0 bridgehead atoms. The number of nitrogens with one attached hydrogen (secondary N) is 2. The SMILES string of the molecule is COc1ccc2cc(-c3ccnc(NCc4ccc(OC)c(OC)c4)n3)cc(NC(=O)OC(C)(C)C)c2c1. The van der Waals surface area contributed by atoms with Crippen LogP contribution < -0.4 is 24.8 Å². The lowest BCUT2D eigenvalue weighted by Crippen LogP contribution is -2.27. The molecule has 4 aromatic rings. The van der Waals surface area contributed by atoms with Crippen molar-refractivity contribution in [3.63, 3.8) is 0 Å². The number of rotatable bonds is 8. The van der Waals surface area contributed by atoms with Crippen molar-refractivity contribution in [2.24, 2.45) is 0 Å². The molecule has 0 aliphatic carbocycles. The molecule has 1 amide bonds. The first-order valence-electron chi connectivity index (χ1n) is 12.1. The summed E-state index contributed by atoms with van der Waals surface area (Å²) in [5.41, 5.74) is 2.45. The van der Waals surface area contributed by atoms with Crippen LogP contribution in [0.15, 0.2) is 60.8 Å². The molecule has 0 radical (unpaired) electrons. The molecule has 3 aromatic carbocycles. The normalized spacial score (nSPS) is 11.1. The van der Waals surface area contributed by atoms with E-state index in [1.807, 2.05) is 75.4 Å². The largest absolute Gasteiger partial charge is 0.497 e. The smallest absolute Gasteiger partial charge is 0.412 e. The molecule has 0 aliphatic rings. The fraction of sp³-hybridized carbons (Fsp3) is 0.276. The van der Waals surface area contributed by atoms with Crippen LogP contribution in [0.25, 0.3) is 22.0 Å². The van der Waals surface area contributed by atoms with Crippen molar-refractivity contribution in [2.45, 2.75) is 32.9 Å². The lowest BCUT2D eigenvalue weighted by atomic mass is 10.0. The summed E-state index contributed by atoms with van der Waals surface area (Å²) >= 11 is 0. The van der Waals surface area contributed by atoms with Crippen LogP contribution in [-0.4, -0.2) is 43.0 Å². The molecule has 0 saturated heterocycles. The van der Waals surface area contributed by atoms with E-state index in [0.717, 1.165) is 21.9 Å². The third kappa shape index (κ3) is 6.42. The van der Waals surface area contributed by atoms with Gasteiger partial charge in [0, 0.05) is 23.7 Å². The van der Waals surface area contributed by atoms with Crippen LogP contribution >= 0.6 is 0 Å². The van der Waals surface area contributed by atoms with E-state index in [1.165, 1.54) is 0 Å². The van der Waals surface area contributed by atoms with Gasteiger partial charge in [-0.15, -0.1) is 0 Å². The average molecular weight is 517 g/mol. The maximum atomic E-state index is 12.6. The zero-order chi connectivity index (χ0) is 27.3. The first kappa shape index (κ1) is 26.5. The summed E-state index contributed by atoms with van der Waals surface area (Å²) < 4.78 is 21.6. The summed E-state index contributed by atoms with van der Waals surface area (Å²) in [6.45, 7) is 5.96. The van der Waals surface area contributed by atoms with Crippen molar-refractivity contribution >= 4 is 28.5 Å². The Balaban J connectivity index is 1.63. The van der Waals surface area contributed by atoms with E-state index in [2.05, 4.69) is 15.6 Å². The molecule has 0 fully saturated rings. The van der Waals surface area contributed by atoms with Gasteiger partial charge in [0.15, 0.2) is 11.5 Å². The number of carbonyl (C=O) groups excluding carboxylic acids is 1. The maximum absolute atomic E-state index is 12.6. The Morgan fingerprint density at radius 3 is 2.39 bits per heavy atom. The van der Waals surface area contributed by atoms with Gasteiger partial charge in [-0.2, -0.15) is 0 Å². The Morgan fingerprint density at radius 2 is 1.68 bits per heavy atom. The number of hydrogen-bond acceptors (Lipinski definition) is 8. The zero-order valence-corrected chi connectivity index (χ0v) is 22.4. The number of fused-ring (bicyclic) bond motifs is 1. The van der Waals surface area contributed by atoms with E-state index >= 15 is 0 Å². The van der Waals surface area contributed by atoms with Gasteiger partial charge in [0.05, 0.1) is 32.7 Å². The van der Waals surface area contributed by atoms with Gasteiger partial charge in [-0.1, -0.05) is 12.1 Å². The quantitative estimate of drug-likeness (QED) is 0.282. The van der Waals surface area contributed by atoms with E-state index in [9.17, 15) is 4.79 Å². The lowest BCUT2D eigenvalue weighted by Gasteiger charge is -2.20. The molecular weight excluding hydrogens is 484 g/mol. The van der Waals surface area contributed by atoms with E-state index < -0.39 is 11.7 Å². The molecule has 0 spiro atoms. The van der Waals surface area contributed by atoms with Crippen LogP contribution in [0, 0.1) is 0 Å². The predicted molar refractivity (Wildman–Crippen MR) is 148 cm³/mol. The molecule has 4 rings (SSSR count). The molecule has 1 aromatic heterocycles. The molecule has 0 saturated carbocycles. The fourth-order valence-corrected chi connectivity index (χ4v) is 3.91. The molecule has 9 nitrogen and oxygen atoms in total. The van der Waals surface area contributed by atoms with Gasteiger partial charge < -0.3 is 24.3 Å². The third-order valence-corrected chi connectivity index (χ3v) is 5.65. The van der Waals surface area contributed by atoms with Crippen LogP contribution in [0.4, 0.5) is 16.4 Å². The fourth-order valence-electron chi connectivity index (χ4n) is 3.91. The summed E-state index contributed by atoms with van der Waals surface area (Å²) in [5, 5.41) is 7.88. The second-order valence-electron chi connectivity index (χ2n) is 9.55. The second-order valence-corrected chi connectivity index (χ2v) is 9.55. The van der Waals surface area contributed by atoms with Gasteiger partial charge in [-0.25, -0.2) is 14.8 Å². The van der Waals surface area contributed by atoms with Crippen molar-refractivity contribution in [2.75, 3.05) is 32.0 Å². The molecule has 0 atom stereocenters. The standard InChI is InChI=1S/C29H32N4O5/c1-29(2,3)38-28(34)33-24-15-20(14-19-8-9-21(35-4)16-22(19)24)23-11-12-30-27(32-23)31-17-18-7-10-25(36-5)26(13-18)37-6/h7-16H,17H2,1-6H3,(H,33,34)(H,30,31,32). The maximum Gasteiger partial charge on any atom is 0.412 e. The third-order valence-electron chi connectivity index (χ3n) is 5.65. The number of benzene rings is 3. The number of ether oxygens (including phenoxy) is 4. The first-order valence-corrected chi connectivity index (χ1v) is 12.1. The molecule has 9 heteroatoms. The van der Waals surface area contributed by atoms with E-state index in [1.54, 1.807) is 27.5 Å². The first-order chi connectivity index (χ1) is 18.2. The molecule has 38 heavy (non-hydrogen) atoms. The molecular formula is C29H32N4O5. The Hall–Kier alpha value is -4.53. The highest BCUT2D eigenvalue weighted by molar-refractivity contribution is 6.03. The Kier molecular flexibility index (Phi) is 7.85. The second kappa shape index (κ2) is 11.2. The minimum absolute atomic E-state index is 0.466. The predicted octanol–water partition coefficient (Wildman–Crippen LogP) is 6.28. The summed E-state index contributed by atoms with van der Waals surface area (Å²) in [4.78, 5) is 21.7. The van der Waals surface area contributed by atoms with Gasteiger partial charge in [-0.3, -0.25) is 5.32 Å². The Morgan fingerprint density at radius 1 is 0.895 bits per heavy atom. The summed E-state index contributed by atoms with van der Waals surface area (Å²) in [5.74, 6) is 2.47. The Bertz CT molecular complexity index is 1450. The lowest BCUT2D eigenvalue weighted by molar-refractivity contribution is 0.0636. The summed E-state index contributed by atoms with van der Waals surface area (Å²) in [6, 6.07) is 17.1. The van der Waals surface area contributed by atoms with Crippen molar-refractivity contribution in [1.82, 2.24) is 9.97 Å². The minimum Gasteiger partial charge on any atom is -0.497 e. The van der Waals surface area contributed by atoms with Crippen molar-refractivity contribution in [3.05, 3.63) is 66.4 Å². The average Bonchev–Trinajstić information content (AvgIpc) is 2.90. The summed E-state index contributed by atoms with van der Waals surface area (Å²) in [7, 11) is 4.81. The van der Waals surface area contributed by atoms with Crippen molar-refractivity contribution in [3.8, 4) is 28.5 Å². The van der Waals surface area contributed by atoms with Crippen LogP contribution in [0.1, 0.15) is 26.3 Å². The molecule has 1 heterocycles. The van der Waals surface area contributed by atoms with Gasteiger partial charge in [0.25, 0.3) is 0 Å². The summed E-state index contributed by atoms with van der Waals surface area (Å²) in [6.07, 6.45) is 1.15. The highest BCUT2D eigenvalue weighted by Gasteiger charge is 2.18. The van der Waals surface area contributed by atoms with Crippen LogP contribution in [0.2, 0.25) is 0 Å². The highest BCUT2D eigenvalue weighted by Crippen LogP contribution is 2.33. The molecule has 2 N–H and O–H groups in total. The van der Waals surface area contributed by atoms with Gasteiger partial charge in [0.2, 0.25) is 5.95 Å². The highest BCUT2D eigenvalue weighted by atomic mass is 16.6. The van der Waals surface area contributed by atoms with Crippen molar-refractivity contribution < 1.29 is 23.7 Å². The number of nitrogens with zero attached hydrogens (tertiary/aromatic N) is 2. The topological polar surface area (TPSA) is 104 Å². The monoisotopic (exact) mass is 516 g/mol. The number of amides is 1. The Labute approximate surface area is 222 Å². The molecule has 0 aliphatic heterocycles. The van der Waals surface area contributed by atoms with Crippen LogP contribution in [0.3, 0.4) is 0 Å². The van der Waals surface area contributed by atoms with E-state index in [4.69, 9.17) is 23.9 Å². The number of carbonyl (C=O) groups is 1. The van der Waals surface area contributed by atoms with Crippen molar-refractivity contribution in [1.29, 1.82) is 0 Å². The zero-order valence-electron chi connectivity index (χ0n) is 22.4. The number of methoxy groups -OCH3 is 3. The molecule has 0 unspecified atom stereocenters. The van der Waals surface area contributed by atoms with E-state index in [-0.39, 0.29) is 0 Å². The number of anilines is 2. The van der Waals surface area contributed by atoms with Gasteiger partial charge in [0.1, 0.15) is 11.4 Å². The number of hydrogen-bond donors (Lipinski definition) is 2. The van der Waals surface area contributed by atoms with Crippen LogP contribution in [0.5, 0.6) is 17.2 Å². The minimum atomic E-state index is -0.629. The van der Waals surface area contributed by atoms with Crippen LogP contribution in [-0.2, 0) is 11.3 Å². The van der Waals surface area contributed by atoms with E-state index in [0.29, 0.717) is 41.1 Å². The van der Waals surface area contributed by atoms with Gasteiger partial charge >= 0.3 is 6.09 Å². The van der Waals surface area contributed by atoms with Gasteiger partial charge in [-0.05, 0) is 74.2 Å².